The summed E-state index contributed by atoms with van der Waals surface area (Å²) in [6.07, 6.45) is 5.84. The number of benzene rings is 1. The van der Waals surface area contributed by atoms with E-state index in [2.05, 4.69) is 11.3 Å². The van der Waals surface area contributed by atoms with Gasteiger partial charge in [0.05, 0.1) is 13.2 Å². The van der Waals surface area contributed by atoms with E-state index >= 15 is 0 Å². The van der Waals surface area contributed by atoms with Gasteiger partial charge in [-0.1, -0.05) is 12.1 Å². The Morgan fingerprint density at radius 1 is 1.60 bits per heavy atom. The number of hydrogen-bond donors (Lipinski definition) is 2. The Labute approximate surface area is 90.6 Å². The molecule has 0 bridgehead atoms. The third kappa shape index (κ3) is 2.72. The third-order valence-electron chi connectivity index (χ3n) is 2.34. The minimum atomic E-state index is -0.000365. The smallest absolute Gasteiger partial charge is 0.121 e. The molecule has 3 heteroatoms. The first-order chi connectivity index (χ1) is 7.22. The summed E-state index contributed by atoms with van der Waals surface area (Å²) in [6, 6.07) is 5.92. The summed E-state index contributed by atoms with van der Waals surface area (Å²) in [5.41, 5.74) is 4.85. The molecule has 0 saturated heterocycles. The molecule has 80 valence electrons. The van der Waals surface area contributed by atoms with Crippen LogP contribution in [0.15, 0.2) is 18.2 Å². The molecule has 1 rings (SSSR count). The molecule has 1 aromatic carbocycles. The summed E-state index contributed by atoms with van der Waals surface area (Å²) in [4.78, 5) is 0. The minimum Gasteiger partial charge on any atom is -0.496 e. The fraction of sp³-hybridized carbons (Fsp3) is 0.333. The van der Waals surface area contributed by atoms with Crippen molar-refractivity contribution in [3.05, 3.63) is 29.3 Å². The van der Waals surface area contributed by atoms with Crippen LogP contribution >= 0.6 is 0 Å². The molecule has 1 unspecified atom stereocenters. The van der Waals surface area contributed by atoms with Gasteiger partial charge in [-0.15, -0.1) is 12.3 Å². The molecular formula is C12H16N2O. The first-order valence-corrected chi connectivity index (χ1v) is 4.77. The number of nitrogens with two attached hydrogens (primary N) is 1. The van der Waals surface area contributed by atoms with Crippen molar-refractivity contribution in [1.29, 1.82) is 0 Å². The second-order valence-corrected chi connectivity index (χ2v) is 3.36. The molecule has 0 saturated carbocycles. The number of terminal acetylenes is 1. The average Bonchev–Trinajstić information content (AvgIpc) is 2.25. The standard InChI is InChI=1S/C12H16N2O/c1-4-5-11(14-13)10-6-7-12(15-3)9(2)8-10/h1,6-8,11,14H,5,13H2,2-3H3. The van der Waals surface area contributed by atoms with Crippen LogP contribution in [0, 0.1) is 19.3 Å². The molecule has 3 N–H and O–H groups in total. The van der Waals surface area contributed by atoms with E-state index in [1.165, 1.54) is 0 Å². The molecule has 0 aliphatic heterocycles. The predicted octanol–water partition coefficient (Wildman–Crippen LogP) is 1.53. The lowest BCUT2D eigenvalue weighted by molar-refractivity contribution is 0.411. The predicted molar refractivity (Wildman–Crippen MR) is 61.2 cm³/mol. The second-order valence-electron chi connectivity index (χ2n) is 3.36. The van der Waals surface area contributed by atoms with Crippen molar-refractivity contribution in [2.45, 2.75) is 19.4 Å². The van der Waals surface area contributed by atoms with E-state index in [4.69, 9.17) is 17.0 Å². The molecule has 1 aromatic rings. The average molecular weight is 204 g/mol. The van der Waals surface area contributed by atoms with Crippen molar-refractivity contribution in [3.8, 4) is 18.1 Å². The summed E-state index contributed by atoms with van der Waals surface area (Å²) >= 11 is 0. The highest BCUT2D eigenvalue weighted by molar-refractivity contribution is 5.37. The highest BCUT2D eigenvalue weighted by Crippen LogP contribution is 2.23. The Balaban J connectivity index is 2.95. The zero-order chi connectivity index (χ0) is 11.3. The molecule has 0 aliphatic carbocycles. The monoisotopic (exact) mass is 204 g/mol. The van der Waals surface area contributed by atoms with E-state index in [9.17, 15) is 0 Å². The van der Waals surface area contributed by atoms with Crippen LogP contribution < -0.4 is 16.0 Å². The normalized spacial score (nSPS) is 11.9. The second kappa shape index (κ2) is 5.40. The van der Waals surface area contributed by atoms with Crippen LogP contribution in [0.1, 0.15) is 23.6 Å². The van der Waals surface area contributed by atoms with Crippen LogP contribution in [-0.2, 0) is 0 Å². The first kappa shape index (κ1) is 11.6. The van der Waals surface area contributed by atoms with Crippen molar-refractivity contribution < 1.29 is 4.74 Å². The summed E-state index contributed by atoms with van der Waals surface area (Å²) < 4.78 is 5.18. The molecule has 0 aliphatic rings. The molecule has 0 aromatic heterocycles. The van der Waals surface area contributed by atoms with Crippen molar-refractivity contribution in [3.63, 3.8) is 0 Å². The van der Waals surface area contributed by atoms with Gasteiger partial charge in [0, 0.05) is 6.42 Å². The lowest BCUT2D eigenvalue weighted by atomic mass is 10.0. The number of nitrogens with one attached hydrogen (secondary N) is 1. The van der Waals surface area contributed by atoms with Crippen LogP contribution in [0.25, 0.3) is 0 Å². The number of aryl methyl sites for hydroxylation is 1. The van der Waals surface area contributed by atoms with Crippen LogP contribution in [0.2, 0.25) is 0 Å². The van der Waals surface area contributed by atoms with Gasteiger partial charge in [0.2, 0.25) is 0 Å². The van der Waals surface area contributed by atoms with E-state index in [0.29, 0.717) is 6.42 Å². The van der Waals surface area contributed by atoms with Crippen LogP contribution in [0.5, 0.6) is 5.75 Å². The fourth-order valence-corrected chi connectivity index (χ4v) is 1.51. The Morgan fingerprint density at radius 3 is 2.80 bits per heavy atom. The number of hydrazine groups is 1. The van der Waals surface area contributed by atoms with Gasteiger partial charge in [-0.05, 0) is 24.1 Å². The maximum absolute atomic E-state index is 5.43. The largest absolute Gasteiger partial charge is 0.496 e. The molecule has 3 nitrogen and oxygen atoms in total. The Kier molecular flexibility index (Phi) is 4.17. The van der Waals surface area contributed by atoms with E-state index in [1.807, 2.05) is 25.1 Å². The molecule has 0 spiro atoms. The molecule has 0 radical (unpaired) electrons. The SMILES string of the molecule is C#CCC(NN)c1ccc(OC)c(C)c1. The highest BCUT2D eigenvalue weighted by atomic mass is 16.5. The third-order valence-corrected chi connectivity index (χ3v) is 2.34. The maximum Gasteiger partial charge on any atom is 0.121 e. The number of rotatable bonds is 4. The number of ether oxygens (including phenoxy) is 1. The quantitative estimate of drug-likeness (QED) is 0.444. The van der Waals surface area contributed by atoms with Gasteiger partial charge in [-0.3, -0.25) is 11.3 Å². The van der Waals surface area contributed by atoms with E-state index in [0.717, 1.165) is 16.9 Å². The van der Waals surface area contributed by atoms with E-state index in [1.54, 1.807) is 7.11 Å². The maximum atomic E-state index is 5.43. The van der Waals surface area contributed by atoms with Crippen LogP contribution in [0.3, 0.4) is 0 Å². The summed E-state index contributed by atoms with van der Waals surface area (Å²) in [6.45, 7) is 1.99. The molecule has 0 amide bonds. The van der Waals surface area contributed by atoms with Gasteiger partial charge in [0.15, 0.2) is 0 Å². The van der Waals surface area contributed by atoms with Crippen molar-refractivity contribution in [2.24, 2.45) is 5.84 Å². The van der Waals surface area contributed by atoms with Gasteiger partial charge in [-0.2, -0.15) is 0 Å². The topological polar surface area (TPSA) is 47.3 Å². The van der Waals surface area contributed by atoms with Crippen molar-refractivity contribution in [2.75, 3.05) is 7.11 Å². The zero-order valence-electron chi connectivity index (χ0n) is 9.08. The van der Waals surface area contributed by atoms with Crippen molar-refractivity contribution >= 4 is 0 Å². The van der Waals surface area contributed by atoms with Gasteiger partial charge < -0.3 is 4.74 Å². The lowest BCUT2D eigenvalue weighted by Crippen LogP contribution is -2.27. The summed E-state index contributed by atoms with van der Waals surface area (Å²) in [5, 5.41) is 0. The highest BCUT2D eigenvalue weighted by Gasteiger charge is 2.09. The van der Waals surface area contributed by atoms with Crippen LogP contribution in [0.4, 0.5) is 0 Å². The van der Waals surface area contributed by atoms with E-state index in [-0.39, 0.29) is 6.04 Å². The molecule has 0 fully saturated rings. The lowest BCUT2D eigenvalue weighted by Gasteiger charge is -2.15. The van der Waals surface area contributed by atoms with E-state index < -0.39 is 0 Å². The Morgan fingerprint density at radius 2 is 2.33 bits per heavy atom. The Bertz CT molecular complexity index is 368. The Hall–Kier alpha value is -1.50. The minimum absolute atomic E-state index is 0.000365. The number of hydrogen-bond acceptors (Lipinski definition) is 3. The van der Waals surface area contributed by atoms with Gasteiger partial charge >= 0.3 is 0 Å². The van der Waals surface area contributed by atoms with Crippen molar-refractivity contribution in [1.82, 2.24) is 5.43 Å². The molecule has 0 heterocycles. The van der Waals surface area contributed by atoms with Gasteiger partial charge in [-0.25, -0.2) is 0 Å². The molecular weight excluding hydrogens is 188 g/mol. The van der Waals surface area contributed by atoms with Crippen LogP contribution in [-0.4, -0.2) is 7.11 Å². The van der Waals surface area contributed by atoms with Gasteiger partial charge in [0.1, 0.15) is 5.75 Å². The first-order valence-electron chi connectivity index (χ1n) is 4.77. The fourth-order valence-electron chi connectivity index (χ4n) is 1.51. The zero-order valence-corrected chi connectivity index (χ0v) is 9.08. The summed E-state index contributed by atoms with van der Waals surface area (Å²) in [5.74, 6) is 8.90. The summed E-state index contributed by atoms with van der Waals surface area (Å²) in [7, 11) is 1.65. The van der Waals surface area contributed by atoms with Gasteiger partial charge in [0.25, 0.3) is 0 Å². The molecule has 1 atom stereocenters. The number of methoxy groups -OCH3 is 1. The molecule has 15 heavy (non-hydrogen) atoms.